The summed E-state index contributed by atoms with van der Waals surface area (Å²) in [6.07, 6.45) is 8.07. The standard InChI is InChI=1S/C18H24N2/c1-13-3-2-4-17-16(13)9-11-20(17)12-10-19-18(14-5-6-14)15-7-8-15/h2-4,9,11,14-15,18-19H,5-8,10,12H2,1H3. The number of nitrogens with one attached hydrogen (secondary N) is 1. The van der Waals surface area contributed by atoms with Gasteiger partial charge in [-0.05, 0) is 62.1 Å². The van der Waals surface area contributed by atoms with Crippen LogP contribution in [0, 0.1) is 18.8 Å². The Hall–Kier alpha value is -1.28. The first-order valence-electron chi connectivity index (χ1n) is 8.11. The van der Waals surface area contributed by atoms with Crippen molar-refractivity contribution in [1.29, 1.82) is 0 Å². The highest BCUT2D eigenvalue weighted by Gasteiger charge is 2.40. The monoisotopic (exact) mass is 268 g/mol. The van der Waals surface area contributed by atoms with Gasteiger partial charge in [0.15, 0.2) is 0 Å². The highest BCUT2D eigenvalue weighted by molar-refractivity contribution is 5.83. The van der Waals surface area contributed by atoms with Crippen LogP contribution >= 0.6 is 0 Å². The zero-order valence-corrected chi connectivity index (χ0v) is 12.3. The van der Waals surface area contributed by atoms with E-state index in [-0.39, 0.29) is 0 Å². The fourth-order valence-electron chi connectivity index (χ4n) is 3.55. The molecule has 2 fully saturated rings. The maximum Gasteiger partial charge on any atom is 0.0483 e. The Bertz CT molecular complexity index is 593. The van der Waals surface area contributed by atoms with Crippen molar-refractivity contribution >= 4 is 10.9 Å². The third-order valence-electron chi connectivity index (χ3n) is 5.02. The fraction of sp³-hybridized carbons (Fsp3) is 0.556. The molecule has 2 nitrogen and oxygen atoms in total. The summed E-state index contributed by atoms with van der Waals surface area (Å²) in [7, 11) is 0. The van der Waals surface area contributed by atoms with Crippen molar-refractivity contribution < 1.29 is 0 Å². The molecule has 2 aromatic rings. The lowest BCUT2D eigenvalue weighted by Gasteiger charge is -2.18. The van der Waals surface area contributed by atoms with Gasteiger partial charge in [0.2, 0.25) is 0 Å². The molecule has 4 rings (SSSR count). The molecule has 2 aliphatic rings. The molecule has 1 aromatic heterocycles. The minimum absolute atomic E-state index is 0.818. The second-order valence-corrected chi connectivity index (χ2v) is 6.67. The second kappa shape index (κ2) is 4.92. The van der Waals surface area contributed by atoms with Gasteiger partial charge in [0, 0.05) is 36.2 Å². The van der Waals surface area contributed by atoms with E-state index in [4.69, 9.17) is 0 Å². The van der Waals surface area contributed by atoms with Gasteiger partial charge in [-0.2, -0.15) is 0 Å². The quantitative estimate of drug-likeness (QED) is 0.844. The molecule has 0 spiro atoms. The van der Waals surface area contributed by atoms with Gasteiger partial charge in [-0.3, -0.25) is 0 Å². The van der Waals surface area contributed by atoms with Crippen LogP contribution in [0.15, 0.2) is 30.5 Å². The molecule has 1 heterocycles. The van der Waals surface area contributed by atoms with Gasteiger partial charge in [0.1, 0.15) is 0 Å². The van der Waals surface area contributed by atoms with Crippen LogP contribution in [0.1, 0.15) is 31.2 Å². The summed E-state index contributed by atoms with van der Waals surface area (Å²) in [5.41, 5.74) is 2.75. The van der Waals surface area contributed by atoms with Gasteiger partial charge in [0.05, 0.1) is 0 Å². The Morgan fingerprint density at radius 3 is 2.60 bits per heavy atom. The summed E-state index contributed by atoms with van der Waals surface area (Å²) < 4.78 is 2.40. The van der Waals surface area contributed by atoms with Gasteiger partial charge in [0.25, 0.3) is 0 Å². The highest BCUT2D eigenvalue weighted by Crippen LogP contribution is 2.44. The molecular formula is C18H24N2. The smallest absolute Gasteiger partial charge is 0.0483 e. The maximum absolute atomic E-state index is 3.84. The van der Waals surface area contributed by atoms with Crippen LogP contribution in [0.2, 0.25) is 0 Å². The maximum atomic E-state index is 3.84. The normalized spacial score (nSPS) is 19.1. The molecule has 0 aliphatic heterocycles. The molecule has 2 saturated carbocycles. The molecule has 2 heteroatoms. The summed E-state index contributed by atoms with van der Waals surface area (Å²) in [5.74, 6) is 1.98. The lowest BCUT2D eigenvalue weighted by atomic mass is 10.1. The number of fused-ring (bicyclic) bond motifs is 1. The molecule has 0 unspecified atom stereocenters. The van der Waals surface area contributed by atoms with Crippen molar-refractivity contribution in [2.24, 2.45) is 11.8 Å². The van der Waals surface area contributed by atoms with Crippen LogP contribution in [0.5, 0.6) is 0 Å². The van der Waals surface area contributed by atoms with Crippen LogP contribution < -0.4 is 5.32 Å². The van der Waals surface area contributed by atoms with Crippen molar-refractivity contribution in [2.45, 2.75) is 45.2 Å². The van der Waals surface area contributed by atoms with Crippen LogP contribution in [0.25, 0.3) is 10.9 Å². The molecule has 2 aliphatic carbocycles. The number of hydrogen-bond donors (Lipinski definition) is 1. The van der Waals surface area contributed by atoms with E-state index in [0.29, 0.717) is 0 Å². The van der Waals surface area contributed by atoms with Crippen LogP contribution in [-0.4, -0.2) is 17.2 Å². The van der Waals surface area contributed by atoms with Crippen molar-refractivity contribution in [3.8, 4) is 0 Å². The molecule has 1 aromatic carbocycles. The lowest BCUT2D eigenvalue weighted by Crippen LogP contribution is -2.35. The van der Waals surface area contributed by atoms with E-state index in [9.17, 15) is 0 Å². The Morgan fingerprint density at radius 2 is 1.90 bits per heavy atom. The largest absolute Gasteiger partial charge is 0.346 e. The van der Waals surface area contributed by atoms with Gasteiger partial charge in [-0.15, -0.1) is 0 Å². The number of hydrogen-bond acceptors (Lipinski definition) is 1. The van der Waals surface area contributed by atoms with Crippen molar-refractivity contribution in [3.63, 3.8) is 0 Å². The molecule has 0 atom stereocenters. The summed E-state index contributed by atoms with van der Waals surface area (Å²) in [4.78, 5) is 0. The van der Waals surface area contributed by atoms with E-state index in [2.05, 4.69) is 47.3 Å². The number of benzene rings is 1. The third-order valence-corrected chi connectivity index (χ3v) is 5.02. The van der Waals surface area contributed by atoms with Gasteiger partial charge < -0.3 is 9.88 Å². The van der Waals surface area contributed by atoms with E-state index < -0.39 is 0 Å². The highest BCUT2D eigenvalue weighted by atomic mass is 15.0. The Labute approximate surface area is 121 Å². The van der Waals surface area contributed by atoms with Crippen molar-refractivity contribution in [1.82, 2.24) is 9.88 Å². The van der Waals surface area contributed by atoms with Gasteiger partial charge in [-0.25, -0.2) is 0 Å². The van der Waals surface area contributed by atoms with Crippen molar-refractivity contribution in [2.75, 3.05) is 6.54 Å². The average molecular weight is 268 g/mol. The van der Waals surface area contributed by atoms with E-state index in [1.807, 2.05) is 0 Å². The topological polar surface area (TPSA) is 17.0 Å². The van der Waals surface area contributed by atoms with Crippen LogP contribution in [0.4, 0.5) is 0 Å². The Balaban J connectivity index is 1.41. The lowest BCUT2D eigenvalue weighted by molar-refractivity contribution is 0.408. The fourth-order valence-corrected chi connectivity index (χ4v) is 3.55. The van der Waals surface area contributed by atoms with Crippen LogP contribution in [0.3, 0.4) is 0 Å². The zero-order chi connectivity index (χ0) is 13.5. The predicted molar refractivity (Wildman–Crippen MR) is 83.9 cm³/mol. The summed E-state index contributed by atoms with van der Waals surface area (Å²) in [5, 5.41) is 5.24. The van der Waals surface area contributed by atoms with E-state index in [1.54, 1.807) is 0 Å². The SMILES string of the molecule is Cc1cccc2c1ccn2CCNC(C1CC1)C1CC1. The molecular weight excluding hydrogens is 244 g/mol. The molecule has 20 heavy (non-hydrogen) atoms. The molecule has 0 amide bonds. The molecule has 106 valence electrons. The van der Waals surface area contributed by atoms with E-state index in [0.717, 1.165) is 31.0 Å². The number of nitrogens with zero attached hydrogens (tertiary/aromatic N) is 1. The third kappa shape index (κ3) is 2.37. The van der Waals surface area contributed by atoms with E-state index in [1.165, 1.54) is 42.1 Å². The molecule has 0 radical (unpaired) electrons. The molecule has 1 N–H and O–H groups in total. The summed E-state index contributed by atoms with van der Waals surface area (Å²) in [6.45, 7) is 4.39. The van der Waals surface area contributed by atoms with Gasteiger partial charge in [-0.1, -0.05) is 12.1 Å². The molecule has 0 bridgehead atoms. The summed E-state index contributed by atoms with van der Waals surface area (Å²) >= 11 is 0. The van der Waals surface area contributed by atoms with Crippen LogP contribution in [-0.2, 0) is 6.54 Å². The van der Waals surface area contributed by atoms with E-state index >= 15 is 0 Å². The average Bonchev–Trinajstić information content (AvgIpc) is 3.35. The van der Waals surface area contributed by atoms with Crippen molar-refractivity contribution in [3.05, 3.63) is 36.0 Å². The Kier molecular flexibility index (Phi) is 3.07. The first-order valence-corrected chi connectivity index (χ1v) is 8.11. The summed E-state index contributed by atoms with van der Waals surface area (Å²) in [6, 6.07) is 9.67. The second-order valence-electron chi connectivity index (χ2n) is 6.67. The number of aryl methyl sites for hydroxylation is 1. The van der Waals surface area contributed by atoms with Gasteiger partial charge >= 0.3 is 0 Å². The minimum atomic E-state index is 0.818. The first kappa shape index (κ1) is 12.5. The molecule has 0 saturated heterocycles. The number of aromatic nitrogens is 1. The Morgan fingerprint density at radius 1 is 1.15 bits per heavy atom. The first-order chi connectivity index (χ1) is 9.83. The predicted octanol–water partition coefficient (Wildman–Crippen LogP) is 3.73. The minimum Gasteiger partial charge on any atom is -0.346 e. The zero-order valence-electron chi connectivity index (χ0n) is 12.3. The number of rotatable bonds is 6.